The van der Waals surface area contributed by atoms with Crippen LogP contribution in [0.5, 0.6) is 0 Å². The van der Waals surface area contributed by atoms with E-state index in [9.17, 15) is 155 Å². The van der Waals surface area contributed by atoms with Gasteiger partial charge in [-0.2, -0.15) is 25.3 Å². The number of aliphatic hydroxyl groups excluding tert-OH is 17. The van der Waals surface area contributed by atoms with Gasteiger partial charge in [-0.1, -0.05) is 0 Å². The molecule has 10 saturated heterocycles. The van der Waals surface area contributed by atoms with Gasteiger partial charge >= 0.3 is 31.2 Å². The lowest BCUT2D eigenvalue weighted by Gasteiger charge is -2.50. The minimum absolute atomic E-state index is 0.142. The normalized spacial score (nSPS) is 45.9. The molecule has 69 heteroatoms. The van der Waals surface area contributed by atoms with Crippen molar-refractivity contribution in [3.63, 3.8) is 0 Å². The van der Waals surface area contributed by atoms with Crippen molar-refractivity contribution in [1.82, 2.24) is 10.6 Å². The van der Waals surface area contributed by atoms with Crippen LogP contribution in [0.3, 0.4) is 0 Å². The predicted molar refractivity (Wildman–Crippen MR) is 394 cm³/mol. The summed E-state index contributed by atoms with van der Waals surface area (Å²) in [5.41, 5.74) is 18.7. The fraction of sp³-hybridized carbons (Fsp3) is 0.892. The number of rotatable bonds is 42. The van der Waals surface area contributed by atoms with Crippen molar-refractivity contribution in [2.45, 2.75) is 322 Å². The maximum atomic E-state index is 13.1. The van der Waals surface area contributed by atoms with Crippen molar-refractivity contribution in [2.75, 3.05) is 40.1 Å². The fourth-order valence-corrected chi connectivity index (χ4v) is 16.4. The molecule has 0 radical (unpaired) electrons. The van der Waals surface area contributed by atoms with Crippen LogP contribution < -0.4 is 27.8 Å². The van der Waals surface area contributed by atoms with Crippen LogP contribution in [-0.4, -0.2) is 512 Å². The molecule has 66 nitrogen and oxygen atoms in total. The maximum Gasteiger partial charge on any atom is 0.397 e. The lowest BCUT2D eigenvalue weighted by Crippen LogP contribution is -2.71. The highest BCUT2D eigenvalue weighted by Gasteiger charge is 2.63. The van der Waals surface area contributed by atoms with Gasteiger partial charge in [0.2, 0.25) is 43.3 Å². The Balaban J connectivity index is 0.807. The van der Waals surface area contributed by atoms with Crippen LogP contribution in [0, 0.1) is 0 Å². The SMILES string of the molecule is CO[C@@H]1OC(OC=O)[C@@H](O[C@@H]2OC(CO)[C@H](O)[C@H](O[C@@H]3OC(OC=O)[C@@H](O[C@@H]4OC(CO)[C@H](O)[C@H](O[C@@H]5OC(OC=O)[C@@H](O[C@H]6OC(COS(=O)(=O)O)[C@@H](O[C@H]7C[C@H](O)[C@H](O[C@@H]8OC(COS(=O)(=O)O)[C@@H](O[C@@H]9OC(OC=O)[C@@H](O[C@H]%10OC(COS(=O)(=O)O)[C@@H](O)[C@H](O)C%10N)[C@H](O)C9O)[C@H](O)C8N)C(OC=O)O7)[C@H](O)C6N)[C@H](O)C5O)C4NC(C)=O)[C@H](O)C3O)C2NC(C)=O)[C@H](O)C1O. The van der Waals surface area contributed by atoms with Gasteiger partial charge in [0.1, 0.15) is 159 Å². The summed E-state index contributed by atoms with van der Waals surface area (Å²) in [6.45, 7) is -6.00. The van der Waals surface area contributed by atoms with E-state index in [1.165, 1.54) is 0 Å². The summed E-state index contributed by atoms with van der Waals surface area (Å²) in [6, 6.07) is -9.93. The number of hydrogen-bond donors (Lipinski definition) is 25. The molecular formula is C65H103N5O61S3. The highest BCUT2D eigenvalue weighted by atomic mass is 32.3. The third-order valence-corrected chi connectivity index (χ3v) is 23.3. The van der Waals surface area contributed by atoms with Crippen molar-refractivity contribution >= 4 is 75.4 Å². The van der Waals surface area contributed by atoms with E-state index in [0.717, 1.165) is 21.0 Å². The monoisotopic (exact) mass is 2030 g/mol. The molecule has 10 rings (SSSR count). The smallest absolute Gasteiger partial charge is 0.397 e. The van der Waals surface area contributed by atoms with Crippen LogP contribution in [0.4, 0.5) is 0 Å². The van der Waals surface area contributed by atoms with Gasteiger partial charge in [-0.25, -0.2) is 12.5 Å². The molecule has 2 amide bonds. The quantitative estimate of drug-likeness (QED) is 0.0153. The minimum Gasteiger partial charge on any atom is -0.435 e. The van der Waals surface area contributed by atoms with Crippen molar-refractivity contribution in [3.05, 3.63) is 0 Å². The second-order valence-electron chi connectivity index (χ2n) is 30.8. The highest BCUT2D eigenvalue weighted by Crippen LogP contribution is 2.42. The van der Waals surface area contributed by atoms with E-state index >= 15 is 0 Å². The average molecular weight is 2030 g/mol. The molecule has 10 heterocycles. The fourth-order valence-electron chi connectivity index (χ4n) is 15.5. The molecule has 0 spiro atoms. The summed E-state index contributed by atoms with van der Waals surface area (Å²) in [5.74, 6) is -2.00. The summed E-state index contributed by atoms with van der Waals surface area (Å²) in [6.07, 6.45) is -97.8. The van der Waals surface area contributed by atoms with Crippen molar-refractivity contribution < 1.29 is 290 Å². The number of aliphatic hydroxyl groups is 17. The number of amides is 2. The van der Waals surface area contributed by atoms with Gasteiger partial charge in [0, 0.05) is 27.4 Å². The second-order valence-corrected chi connectivity index (χ2v) is 34.1. The van der Waals surface area contributed by atoms with E-state index in [4.69, 9.17) is 140 Å². The molecule has 0 aromatic rings. The van der Waals surface area contributed by atoms with Gasteiger partial charge in [0.15, 0.2) is 87.3 Å². The summed E-state index contributed by atoms with van der Waals surface area (Å²) in [4.78, 5) is 85.8. The van der Waals surface area contributed by atoms with Crippen LogP contribution in [0.2, 0.25) is 0 Å². The van der Waals surface area contributed by atoms with Crippen LogP contribution in [0.1, 0.15) is 20.3 Å². The molecule has 0 saturated carbocycles. The number of nitrogens with one attached hydrogen (secondary N) is 2. The van der Waals surface area contributed by atoms with E-state index in [1.807, 2.05) is 0 Å². The first-order chi connectivity index (χ1) is 63.0. The zero-order chi connectivity index (χ0) is 98.9. The Labute approximate surface area is 752 Å². The molecule has 0 aliphatic carbocycles. The lowest BCUT2D eigenvalue weighted by atomic mass is 9.94. The van der Waals surface area contributed by atoms with E-state index in [0.29, 0.717) is 0 Å². The van der Waals surface area contributed by atoms with E-state index < -0.39 is 384 Å². The van der Waals surface area contributed by atoms with Crippen molar-refractivity contribution in [3.8, 4) is 0 Å². The van der Waals surface area contributed by atoms with E-state index in [-0.39, 0.29) is 32.4 Å². The maximum absolute atomic E-state index is 13.1. The molecule has 0 bridgehead atoms. The number of hydrogen-bond acceptors (Lipinski definition) is 61. The predicted octanol–water partition coefficient (Wildman–Crippen LogP) is -20.8. The minimum atomic E-state index is -5.54. The number of methoxy groups -OCH3 is 1. The van der Waals surface area contributed by atoms with Crippen molar-refractivity contribution in [1.29, 1.82) is 0 Å². The Morgan fingerprint density at radius 1 is 0.313 bits per heavy atom. The Bertz CT molecular complexity index is 4160. The van der Waals surface area contributed by atoms with Crippen molar-refractivity contribution in [2.24, 2.45) is 17.2 Å². The van der Waals surface area contributed by atoms with Crippen LogP contribution >= 0.6 is 0 Å². The lowest BCUT2D eigenvalue weighted by molar-refractivity contribution is -0.405. The molecule has 772 valence electrons. The Kier molecular flexibility index (Phi) is 39.3. The van der Waals surface area contributed by atoms with Gasteiger partial charge in [-0.15, -0.1) is 0 Å². The molecule has 10 aliphatic rings. The first kappa shape index (κ1) is 110. The molecule has 10 aliphatic heterocycles. The Hall–Kier alpha value is -5.70. The molecule has 19 unspecified atom stereocenters. The van der Waals surface area contributed by atoms with Gasteiger partial charge in [0.05, 0.1) is 57.3 Å². The molecule has 0 aromatic heterocycles. The Morgan fingerprint density at radius 2 is 0.590 bits per heavy atom. The Morgan fingerprint density at radius 3 is 0.918 bits per heavy atom. The van der Waals surface area contributed by atoms with Crippen LogP contribution in [0.25, 0.3) is 0 Å². The molecular weight excluding hydrogens is 1920 g/mol. The van der Waals surface area contributed by atoms with E-state index in [2.05, 4.69) is 23.2 Å². The summed E-state index contributed by atoms with van der Waals surface area (Å²) in [5, 5.41) is 197. The van der Waals surface area contributed by atoms with Crippen LogP contribution in [-0.2, 0) is 196 Å². The molecule has 10 fully saturated rings. The number of nitrogens with two attached hydrogens (primary N) is 3. The first-order valence-electron chi connectivity index (χ1n) is 39.6. The van der Waals surface area contributed by atoms with Gasteiger partial charge < -0.3 is 233 Å². The molecule has 28 N–H and O–H groups in total. The third-order valence-electron chi connectivity index (χ3n) is 22.0. The third kappa shape index (κ3) is 26.5. The standard InChI is InChI=1S/C65H103N5O61S3/c1-15(78)69-27-46(30(82)18(5-71)113-55(27)126-50-35(87)39(91)57(104-3)128-62(50)106-11-74)123-60-42(94)38(90)51(65(131-60)109-14-77)127-56-28(70-16(2)79)47(31(83)19(6-72)114-56)122-59-41(93)37(89)49(64(130-59)108-13-76)125-54-25(67)33(85)44(21(116-54)8-111-133(98,99)100)118-23-4-17(80)43(61(119-23)105-10-73)120-53-26(68)34(86)45(22(117-53)9-112-134(101,102)103)121-58-40(92)36(88)48(63(129-58)107-12-75)124-52-24(66)32(84)29(81)20(115-52)7-110-132(95,96)97/h10-14,17-65,71-72,80-94H,4-9,66-68H2,1-3H3,(H,69,78)(H,70,79)(H,95,96,97)(H,98,99,100)(H,101,102,103)/t17-,18?,19?,20?,21?,22?,23+,24?,25?,26?,27?,28?,29+,30-,31-,32+,33+,34+,35+,36+,37+,38+,39?,40?,41?,42?,43-,44+,45+,46+,47+,48-,49-,50-,51-,52+,53-,54+,55-,56-,57+,58+,59+,60+,61?,62?,63?,64?,65?/m0/s1. The first-order valence-corrected chi connectivity index (χ1v) is 43.7. The second kappa shape index (κ2) is 47.7. The number of carbonyl (C=O) groups excluding carboxylic acids is 7. The molecule has 134 heavy (non-hydrogen) atoms. The average Bonchev–Trinajstić information content (AvgIpc) is 0.760. The molecule has 0 aromatic carbocycles. The largest absolute Gasteiger partial charge is 0.435 e. The van der Waals surface area contributed by atoms with Gasteiger partial charge in [-0.3, -0.25) is 47.2 Å². The highest BCUT2D eigenvalue weighted by molar-refractivity contribution is 7.81. The zero-order valence-electron chi connectivity index (χ0n) is 69.1. The molecule has 49 atom stereocenters. The number of ether oxygens (including phenoxy) is 25. The summed E-state index contributed by atoms with van der Waals surface area (Å²) in [7, 11) is -15.2. The summed E-state index contributed by atoms with van der Waals surface area (Å²) >= 11 is 0. The van der Waals surface area contributed by atoms with Gasteiger partial charge in [0.25, 0.3) is 32.4 Å². The van der Waals surface area contributed by atoms with Crippen LogP contribution in [0.15, 0.2) is 0 Å². The van der Waals surface area contributed by atoms with E-state index in [1.54, 1.807) is 0 Å². The zero-order valence-corrected chi connectivity index (χ0v) is 71.5. The number of carbonyl (C=O) groups is 7. The topological polar surface area (TPSA) is 987 Å². The van der Waals surface area contributed by atoms with Gasteiger partial charge in [-0.05, 0) is 0 Å². The summed E-state index contributed by atoms with van der Waals surface area (Å²) < 4.78 is 251.